The van der Waals surface area contributed by atoms with E-state index in [4.69, 9.17) is 43.1 Å². The second kappa shape index (κ2) is 31.0. The third-order valence-corrected chi connectivity index (χ3v) is 4.79. The third-order valence-electron chi connectivity index (χ3n) is 4.79. The lowest BCUT2D eigenvalue weighted by Crippen LogP contribution is -2.14. The highest BCUT2D eigenvalue weighted by Gasteiger charge is 2.25. The van der Waals surface area contributed by atoms with Gasteiger partial charge in [0.15, 0.2) is 23.3 Å². The van der Waals surface area contributed by atoms with Crippen molar-refractivity contribution in [3.8, 4) is 0 Å². The first kappa shape index (κ1) is 41.2. The van der Waals surface area contributed by atoms with Crippen LogP contribution in [0.5, 0.6) is 0 Å². The number of rotatable bonds is 24. The number of ether oxygens (including phenoxy) is 7. The maximum Gasteiger partial charge on any atom is 0.290 e. The number of carbonyl (C=O) groups is 1. The van der Waals surface area contributed by atoms with Crippen molar-refractivity contribution < 1.29 is 65.0 Å². The van der Waals surface area contributed by atoms with E-state index in [-0.39, 0.29) is 13.1 Å². The fraction of sp³-hybridized carbons (Fsp3) is 0.741. The van der Waals surface area contributed by atoms with Crippen LogP contribution in [0.25, 0.3) is 0 Å². The molecule has 0 bridgehead atoms. The third kappa shape index (κ3) is 22.3. The van der Waals surface area contributed by atoms with E-state index in [0.29, 0.717) is 85.7 Å². The molecule has 0 saturated heterocycles. The highest BCUT2D eigenvalue weighted by atomic mass is 19.2. The fourth-order valence-electron chi connectivity index (χ4n) is 2.86. The van der Waals surface area contributed by atoms with E-state index in [2.05, 4.69) is 0 Å². The standard InChI is InChI=1S/C24H37F5O7.C2H6.CH2O2/c1-30-9-10-33-13-14-35-17-18-36-16-15-34-12-11-32-7-4-2-3-6-31-8-5-19-20(25)22(27)24(29)23(28)21(19)26;1-2;2-1-3/h2-18H2,1H3;1-2H3;1H,(H,2,3). The van der Waals surface area contributed by atoms with Crippen LogP contribution in [0.3, 0.4) is 0 Å². The van der Waals surface area contributed by atoms with Gasteiger partial charge in [0.25, 0.3) is 6.47 Å². The van der Waals surface area contributed by atoms with Gasteiger partial charge in [-0.3, -0.25) is 4.79 Å². The average molecular weight is 609 g/mol. The van der Waals surface area contributed by atoms with Gasteiger partial charge in [-0.2, -0.15) is 0 Å². The highest BCUT2D eigenvalue weighted by Crippen LogP contribution is 2.23. The topological polar surface area (TPSA) is 102 Å². The Labute approximate surface area is 239 Å². The van der Waals surface area contributed by atoms with Crippen LogP contribution in [-0.2, 0) is 44.4 Å². The van der Waals surface area contributed by atoms with Crippen molar-refractivity contribution in [2.45, 2.75) is 39.5 Å². The van der Waals surface area contributed by atoms with E-state index in [1.54, 1.807) is 7.11 Å². The minimum absolute atomic E-state index is 0.146. The monoisotopic (exact) mass is 608 g/mol. The van der Waals surface area contributed by atoms with Gasteiger partial charge in [-0.1, -0.05) is 13.8 Å². The van der Waals surface area contributed by atoms with E-state index >= 15 is 0 Å². The number of halogens is 5. The van der Waals surface area contributed by atoms with Gasteiger partial charge in [-0.25, -0.2) is 22.0 Å². The lowest BCUT2D eigenvalue weighted by atomic mass is 10.1. The molecule has 1 N–H and O–H groups in total. The summed E-state index contributed by atoms with van der Waals surface area (Å²) in [6.45, 7) is 9.46. The summed E-state index contributed by atoms with van der Waals surface area (Å²) in [6, 6.07) is 0. The summed E-state index contributed by atoms with van der Waals surface area (Å²) in [6.07, 6.45) is 1.87. The molecule has 0 fully saturated rings. The lowest BCUT2D eigenvalue weighted by Gasteiger charge is -2.09. The zero-order valence-electron chi connectivity index (χ0n) is 24.2. The Morgan fingerprint density at radius 3 is 1.17 bits per heavy atom. The van der Waals surface area contributed by atoms with Crippen molar-refractivity contribution in [1.29, 1.82) is 0 Å². The minimum atomic E-state index is -2.16. The largest absolute Gasteiger partial charge is 0.483 e. The molecule has 0 amide bonds. The van der Waals surface area contributed by atoms with Gasteiger partial charge in [0.05, 0.1) is 72.7 Å². The molecule has 1 aromatic rings. The van der Waals surface area contributed by atoms with Gasteiger partial charge in [0.2, 0.25) is 5.82 Å². The molecule has 9 nitrogen and oxygen atoms in total. The molecule has 1 aromatic carbocycles. The molecule has 1 rings (SSSR count). The van der Waals surface area contributed by atoms with E-state index in [9.17, 15) is 22.0 Å². The van der Waals surface area contributed by atoms with Gasteiger partial charge < -0.3 is 38.3 Å². The summed E-state index contributed by atoms with van der Waals surface area (Å²) in [5.74, 6) is -9.68. The maximum absolute atomic E-state index is 13.6. The Kier molecular flexibility index (Phi) is 31.2. The van der Waals surface area contributed by atoms with Crippen molar-refractivity contribution >= 4 is 6.47 Å². The summed E-state index contributed by atoms with van der Waals surface area (Å²) in [5.41, 5.74) is -0.863. The number of unbranched alkanes of at least 4 members (excludes halogenated alkanes) is 2. The van der Waals surface area contributed by atoms with E-state index in [0.717, 1.165) is 12.8 Å². The minimum Gasteiger partial charge on any atom is -0.483 e. The molecule has 0 heterocycles. The van der Waals surface area contributed by atoms with Gasteiger partial charge in [-0.05, 0) is 19.3 Å². The normalized spacial score (nSPS) is 10.5. The molecular formula is C27H45F5O9. The first-order valence-electron chi connectivity index (χ1n) is 13.5. The van der Waals surface area contributed by atoms with Crippen LogP contribution < -0.4 is 0 Å². The van der Waals surface area contributed by atoms with Crippen LogP contribution in [0, 0.1) is 29.1 Å². The molecule has 0 aliphatic rings. The van der Waals surface area contributed by atoms with Crippen molar-refractivity contribution in [1.82, 2.24) is 0 Å². The zero-order valence-corrected chi connectivity index (χ0v) is 24.2. The molecule has 0 aromatic heterocycles. The Bertz CT molecular complexity index is 717. The van der Waals surface area contributed by atoms with Crippen molar-refractivity contribution in [3.05, 3.63) is 34.6 Å². The number of hydrogen-bond donors (Lipinski definition) is 1. The molecule has 0 aliphatic carbocycles. The van der Waals surface area contributed by atoms with Gasteiger partial charge >= 0.3 is 0 Å². The quantitative estimate of drug-likeness (QED) is 0.0595. The molecule has 0 unspecified atom stereocenters. The number of hydrogen-bond acceptors (Lipinski definition) is 8. The first-order chi connectivity index (χ1) is 19.9. The molecule has 41 heavy (non-hydrogen) atoms. The lowest BCUT2D eigenvalue weighted by molar-refractivity contribution is -0.122. The Balaban J connectivity index is 0. The summed E-state index contributed by atoms with van der Waals surface area (Å²) >= 11 is 0. The average Bonchev–Trinajstić information content (AvgIpc) is 2.98. The van der Waals surface area contributed by atoms with Gasteiger partial charge in [0.1, 0.15) is 0 Å². The Morgan fingerprint density at radius 1 is 0.512 bits per heavy atom. The van der Waals surface area contributed by atoms with Crippen molar-refractivity contribution in [3.63, 3.8) is 0 Å². The summed E-state index contributed by atoms with van der Waals surface area (Å²) in [5, 5.41) is 6.89. The molecule has 0 radical (unpaired) electrons. The molecule has 0 aliphatic heterocycles. The second-order valence-electron chi connectivity index (χ2n) is 7.63. The molecule has 14 heteroatoms. The smallest absolute Gasteiger partial charge is 0.290 e. The Morgan fingerprint density at radius 2 is 0.805 bits per heavy atom. The summed E-state index contributed by atoms with van der Waals surface area (Å²) in [4.78, 5) is 8.36. The van der Waals surface area contributed by atoms with Crippen LogP contribution in [0.1, 0.15) is 38.7 Å². The summed E-state index contributed by atoms with van der Waals surface area (Å²) < 4.78 is 103. The summed E-state index contributed by atoms with van der Waals surface area (Å²) in [7, 11) is 1.62. The first-order valence-corrected chi connectivity index (χ1v) is 13.5. The zero-order chi connectivity index (χ0) is 31.1. The van der Waals surface area contributed by atoms with Crippen LogP contribution in [-0.4, -0.2) is 105 Å². The SMILES string of the molecule is CC.COCCOCCOCCOCCOCCOCCCCCOCCc1c(F)c(F)c(F)c(F)c1F.O=CO. The van der Waals surface area contributed by atoms with E-state index in [1.807, 2.05) is 13.8 Å². The van der Waals surface area contributed by atoms with Gasteiger partial charge in [0, 0.05) is 32.3 Å². The predicted molar refractivity (Wildman–Crippen MR) is 141 cm³/mol. The molecule has 242 valence electrons. The van der Waals surface area contributed by atoms with Crippen LogP contribution in [0.4, 0.5) is 22.0 Å². The van der Waals surface area contributed by atoms with Crippen LogP contribution >= 0.6 is 0 Å². The second-order valence-corrected chi connectivity index (χ2v) is 7.63. The fourth-order valence-corrected chi connectivity index (χ4v) is 2.86. The molecule has 0 atom stereocenters. The van der Waals surface area contributed by atoms with Gasteiger partial charge in [-0.15, -0.1) is 0 Å². The number of carboxylic acid groups (broad SMARTS) is 1. The molecule has 0 saturated carbocycles. The molecule has 0 spiro atoms. The van der Waals surface area contributed by atoms with Crippen molar-refractivity contribution in [2.24, 2.45) is 0 Å². The van der Waals surface area contributed by atoms with E-state index < -0.39 is 41.1 Å². The molecular weight excluding hydrogens is 563 g/mol. The Hall–Kier alpha value is -1.94. The van der Waals surface area contributed by atoms with Crippen LogP contribution in [0.15, 0.2) is 0 Å². The predicted octanol–water partition coefficient (Wildman–Crippen LogP) is 4.57. The van der Waals surface area contributed by atoms with Crippen LogP contribution in [0.2, 0.25) is 0 Å². The maximum atomic E-state index is 13.6. The number of methoxy groups -OCH3 is 1. The highest BCUT2D eigenvalue weighted by molar-refractivity contribution is 5.32. The van der Waals surface area contributed by atoms with E-state index in [1.165, 1.54) is 0 Å². The number of benzene rings is 1. The van der Waals surface area contributed by atoms with Crippen molar-refractivity contribution in [2.75, 3.05) is 93.0 Å².